The van der Waals surface area contributed by atoms with E-state index < -0.39 is 25.6 Å². The Morgan fingerprint density at radius 3 is 1.62 bits per heavy atom. The highest BCUT2D eigenvalue weighted by Crippen LogP contribution is 2.45. The van der Waals surface area contributed by atoms with Crippen LogP contribution in [0.15, 0.2) is 60.7 Å². The van der Waals surface area contributed by atoms with Gasteiger partial charge in [-0.15, -0.1) is 0 Å². The van der Waals surface area contributed by atoms with E-state index >= 15 is 0 Å². The first-order valence-electron chi connectivity index (χ1n) is 6.29. The van der Waals surface area contributed by atoms with Crippen molar-refractivity contribution < 1.29 is 22.8 Å². The van der Waals surface area contributed by atoms with Gasteiger partial charge < -0.3 is 9.67 Å². The molecule has 0 saturated heterocycles. The standard InChI is InChI=1S/C15H14F3O2P/c16-15(17,18)14(19)11-21(20,12-7-3-1-4-8-12)13-9-5-2-6-10-13/h1-10,14,19H,11H2/t14-/m1/s1. The number of halogens is 3. The molecule has 0 bridgehead atoms. The Kier molecular flexibility index (Phi) is 4.55. The molecule has 0 unspecified atom stereocenters. The summed E-state index contributed by atoms with van der Waals surface area (Å²) in [7, 11) is -3.55. The van der Waals surface area contributed by atoms with E-state index in [2.05, 4.69) is 0 Å². The third kappa shape index (κ3) is 3.55. The Morgan fingerprint density at radius 1 is 0.905 bits per heavy atom. The predicted octanol–water partition coefficient (Wildman–Crippen LogP) is 2.92. The molecule has 0 radical (unpaired) electrons. The molecule has 0 aromatic heterocycles. The molecule has 112 valence electrons. The number of aliphatic hydroxyl groups is 1. The Morgan fingerprint density at radius 2 is 1.29 bits per heavy atom. The summed E-state index contributed by atoms with van der Waals surface area (Å²) in [5.41, 5.74) is 0. The molecule has 6 heteroatoms. The zero-order chi connectivity index (χ0) is 15.5. The Labute approximate surface area is 120 Å². The quantitative estimate of drug-likeness (QED) is 0.881. The molecule has 21 heavy (non-hydrogen) atoms. The zero-order valence-electron chi connectivity index (χ0n) is 11.0. The average Bonchev–Trinajstić information content (AvgIpc) is 2.48. The highest BCUT2D eigenvalue weighted by molar-refractivity contribution is 7.78. The van der Waals surface area contributed by atoms with Crippen molar-refractivity contribution in [1.29, 1.82) is 0 Å². The second-order valence-corrected chi connectivity index (χ2v) is 7.53. The monoisotopic (exact) mass is 314 g/mol. The molecule has 0 amide bonds. The van der Waals surface area contributed by atoms with Crippen molar-refractivity contribution in [2.75, 3.05) is 6.16 Å². The molecule has 0 aliphatic heterocycles. The third-order valence-electron chi connectivity index (χ3n) is 3.15. The SMILES string of the molecule is O=P(C[C@@H](O)C(F)(F)F)(c1ccccc1)c1ccccc1. The Bertz CT molecular complexity index is 583. The molecule has 0 fully saturated rings. The lowest BCUT2D eigenvalue weighted by molar-refractivity contribution is -0.196. The van der Waals surface area contributed by atoms with Crippen LogP contribution >= 0.6 is 7.14 Å². The van der Waals surface area contributed by atoms with Crippen LogP contribution in [0.25, 0.3) is 0 Å². The summed E-state index contributed by atoms with van der Waals surface area (Å²) >= 11 is 0. The van der Waals surface area contributed by atoms with Gasteiger partial charge >= 0.3 is 6.18 Å². The summed E-state index contributed by atoms with van der Waals surface area (Å²) < 4.78 is 51.1. The van der Waals surface area contributed by atoms with Gasteiger partial charge in [0.2, 0.25) is 0 Å². The first-order valence-corrected chi connectivity index (χ1v) is 8.18. The van der Waals surface area contributed by atoms with Crippen LogP contribution in [-0.2, 0) is 4.57 Å². The highest BCUT2D eigenvalue weighted by Gasteiger charge is 2.43. The molecule has 0 aliphatic rings. The summed E-state index contributed by atoms with van der Waals surface area (Å²) in [6, 6.07) is 15.9. The lowest BCUT2D eigenvalue weighted by Gasteiger charge is -2.23. The van der Waals surface area contributed by atoms with Crippen LogP contribution in [-0.4, -0.2) is 23.5 Å². The van der Waals surface area contributed by atoms with Crippen LogP contribution in [0.1, 0.15) is 0 Å². The molecule has 0 heterocycles. The first kappa shape index (κ1) is 15.8. The van der Waals surface area contributed by atoms with Gasteiger partial charge in [-0.05, 0) is 0 Å². The number of hydrogen-bond acceptors (Lipinski definition) is 2. The molecule has 0 saturated carbocycles. The smallest absolute Gasteiger partial charge is 0.383 e. The topological polar surface area (TPSA) is 37.3 Å². The van der Waals surface area contributed by atoms with Crippen LogP contribution in [0, 0.1) is 0 Å². The molecule has 1 atom stereocenters. The van der Waals surface area contributed by atoms with Gasteiger partial charge in [0.25, 0.3) is 0 Å². The highest BCUT2D eigenvalue weighted by atomic mass is 31.2. The van der Waals surface area contributed by atoms with Gasteiger partial charge in [-0.1, -0.05) is 60.7 Å². The molecule has 2 rings (SSSR count). The van der Waals surface area contributed by atoms with E-state index in [0.29, 0.717) is 10.6 Å². The van der Waals surface area contributed by atoms with Crippen molar-refractivity contribution in [3.63, 3.8) is 0 Å². The van der Waals surface area contributed by atoms with Gasteiger partial charge in [0.1, 0.15) is 7.14 Å². The minimum atomic E-state index is -4.79. The maximum atomic E-state index is 13.2. The van der Waals surface area contributed by atoms with E-state index in [1.165, 1.54) is 24.3 Å². The van der Waals surface area contributed by atoms with Crippen LogP contribution in [0.4, 0.5) is 13.2 Å². The molecule has 2 aromatic carbocycles. The van der Waals surface area contributed by atoms with Crippen LogP contribution in [0.2, 0.25) is 0 Å². The first-order chi connectivity index (χ1) is 9.84. The van der Waals surface area contributed by atoms with Crippen LogP contribution < -0.4 is 10.6 Å². The van der Waals surface area contributed by atoms with Crippen LogP contribution in [0.3, 0.4) is 0 Å². The second-order valence-electron chi connectivity index (χ2n) is 4.65. The summed E-state index contributed by atoms with van der Waals surface area (Å²) in [4.78, 5) is 0. The van der Waals surface area contributed by atoms with Crippen molar-refractivity contribution in [1.82, 2.24) is 0 Å². The molecule has 2 nitrogen and oxygen atoms in total. The molecule has 0 spiro atoms. The fraction of sp³-hybridized carbons (Fsp3) is 0.200. The van der Waals surface area contributed by atoms with Gasteiger partial charge in [0.05, 0.1) is 0 Å². The van der Waals surface area contributed by atoms with E-state index in [4.69, 9.17) is 0 Å². The van der Waals surface area contributed by atoms with Crippen molar-refractivity contribution in [2.45, 2.75) is 12.3 Å². The predicted molar refractivity (Wildman–Crippen MR) is 76.7 cm³/mol. The van der Waals surface area contributed by atoms with Gasteiger partial charge in [0, 0.05) is 16.8 Å². The fourth-order valence-corrected chi connectivity index (χ4v) is 4.77. The van der Waals surface area contributed by atoms with Gasteiger partial charge in [-0.25, -0.2) is 0 Å². The molecule has 1 N–H and O–H groups in total. The summed E-state index contributed by atoms with van der Waals surface area (Å²) in [6.45, 7) is 0. The molecular weight excluding hydrogens is 300 g/mol. The van der Waals surface area contributed by atoms with Crippen molar-refractivity contribution in [3.8, 4) is 0 Å². The average molecular weight is 314 g/mol. The summed E-state index contributed by atoms with van der Waals surface area (Å²) in [5.74, 6) is 0. The maximum Gasteiger partial charge on any atom is 0.414 e. The Hall–Kier alpha value is -1.58. The van der Waals surface area contributed by atoms with Crippen molar-refractivity contribution in [3.05, 3.63) is 60.7 Å². The Balaban J connectivity index is 2.48. The maximum absolute atomic E-state index is 13.2. The number of rotatable bonds is 4. The van der Waals surface area contributed by atoms with Gasteiger partial charge in [-0.2, -0.15) is 13.2 Å². The van der Waals surface area contributed by atoms with Crippen molar-refractivity contribution in [2.24, 2.45) is 0 Å². The number of hydrogen-bond donors (Lipinski definition) is 1. The zero-order valence-corrected chi connectivity index (χ0v) is 11.9. The second kappa shape index (κ2) is 6.04. The normalized spacial score (nSPS) is 13.9. The van der Waals surface area contributed by atoms with E-state index in [0.717, 1.165) is 0 Å². The number of aliphatic hydroxyl groups excluding tert-OH is 1. The van der Waals surface area contributed by atoms with Gasteiger partial charge in [-0.3, -0.25) is 0 Å². The van der Waals surface area contributed by atoms with E-state index in [-0.39, 0.29) is 0 Å². The fourth-order valence-electron chi connectivity index (χ4n) is 2.04. The third-order valence-corrected chi connectivity index (χ3v) is 6.28. The molecule has 2 aromatic rings. The summed E-state index contributed by atoms with van der Waals surface area (Å²) in [6.07, 6.45) is -8.27. The van der Waals surface area contributed by atoms with E-state index in [1.807, 2.05) is 0 Å². The largest absolute Gasteiger partial charge is 0.414 e. The van der Waals surface area contributed by atoms with Gasteiger partial charge in [0.15, 0.2) is 6.10 Å². The van der Waals surface area contributed by atoms with E-state index in [1.54, 1.807) is 36.4 Å². The minimum Gasteiger partial charge on any atom is -0.383 e. The summed E-state index contributed by atoms with van der Waals surface area (Å²) in [5, 5.41) is 9.96. The van der Waals surface area contributed by atoms with Crippen LogP contribution in [0.5, 0.6) is 0 Å². The number of alkyl halides is 3. The lowest BCUT2D eigenvalue weighted by atomic mass is 10.4. The molecular formula is C15H14F3O2P. The van der Waals surface area contributed by atoms with E-state index in [9.17, 15) is 22.8 Å². The number of benzene rings is 2. The minimum absolute atomic E-state index is 0.305. The van der Waals surface area contributed by atoms with Crippen molar-refractivity contribution >= 4 is 17.8 Å². The molecule has 0 aliphatic carbocycles. The lowest BCUT2D eigenvalue weighted by Crippen LogP contribution is -2.35.